The van der Waals surface area contributed by atoms with Crippen molar-refractivity contribution in [1.29, 1.82) is 0 Å². The monoisotopic (exact) mass is 462 g/mol. The molecule has 0 saturated carbocycles. The van der Waals surface area contributed by atoms with Gasteiger partial charge in [-0.25, -0.2) is 9.59 Å². The maximum absolute atomic E-state index is 12.7. The minimum Gasteiger partial charge on any atom is -0.478 e. The van der Waals surface area contributed by atoms with Gasteiger partial charge in [-0.15, -0.1) is 11.8 Å². The number of hydrogen-bond acceptors (Lipinski definition) is 5. The molecule has 0 fully saturated rings. The van der Waals surface area contributed by atoms with Crippen LogP contribution in [0.4, 0.5) is 11.4 Å². The maximum atomic E-state index is 12.7. The van der Waals surface area contributed by atoms with E-state index in [2.05, 4.69) is 10.6 Å². The Morgan fingerprint density at radius 3 is 2.39 bits per heavy atom. The Morgan fingerprint density at radius 1 is 1.03 bits per heavy atom. The molecule has 0 radical (unpaired) electrons. The smallest absolute Gasteiger partial charge is 0.337 e. The number of carboxylic acids is 2. The molecule has 4 N–H and O–H groups in total. The summed E-state index contributed by atoms with van der Waals surface area (Å²) in [4.78, 5) is 46.8. The molecule has 0 heterocycles. The second-order valence-corrected chi connectivity index (χ2v) is 7.88. The van der Waals surface area contributed by atoms with E-state index in [-0.39, 0.29) is 16.5 Å². The highest BCUT2D eigenvalue weighted by Gasteiger charge is 2.19. The van der Waals surface area contributed by atoms with Crippen LogP contribution in [0.1, 0.15) is 23.7 Å². The van der Waals surface area contributed by atoms with Crippen molar-refractivity contribution in [3.63, 3.8) is 0 Å². The molecule has 1 atom stereocenters. The number of hydrogen-bond donors (Lipinski definition) is 4. The Hall–Kier alpha value is -3.30. The number of aliphatic carboxylic acids is 1. The van der Waals surface area contributed by atoms with E-state index >= 15 is 0 Å². The zero-order valence-electron chi connectivity index (χ0n) is 16.3. The van der Waals surface area contributed by atoms with Crippen LogP contribution in [-0.4, -0.2) is 39.2 Å². The predicted octanol–water partition coefficient (Wildman–Crippen LogP) is 4.13. The number of halogens is 1. The first-order valence-electron chi connectivity index (χ1n) is 9.02. The number of thioether (sulfide) groups is 1. The molecule has 31 heavy (non-hydrogen) atoms. The standard InChI is InChI=1S/C21H19ClN2O6S/c1-2-17(20(28)24-13-6-7-16(22)15(11-13)21(29)30)31-14-5-3-4-12(10-14)23-18(25)8-9-19(26)27/h3-11,17H,2H2,1H3,(H,23,25)(H,24,28)(H,26,27)(H,29,30)/b9-8+. The molecule has 2 aromatic rings. The quantitative estimate of drug-likeness (QED) is 0.325. The molecule has 2 aromatic carbocycles. The van der Waals surface area contributed by atoms with E-state index in [1.807, 2.05) is 6.92 Å². The lowest BCUT2D eigenvalue weighted by atomic mass is 10.2. The van der Waals surface area contributed by atoms with E-state index in [0.29, 0.717) is 22.7 Å². The van der Waals surface area contributed by atoms with Gasteiger partial charge in [-0.1, -0.05) is 24.6 Å². The number of aromatic carboxylic acids is 1. The summed E-state index contributed by atoms with van der Waals surface area (Å²) in [5.41, 5.74) is 0.654. The minimum absolute atomic E-state index is 0.0731. The van der Waals surface area contributed by atoms with Crippen LogP contribution in [-0.2, 0) is 14.4 Å². The fraction of sp³-hybridized carbons (Fsp3) is 0.143. The topological polar surface area (TPSA) is 133 Å². The Morgan fingerprint density at radius 2 is 1.74 bits per heavy atom. The van der Waals surface area contributed by atoms with Crippen molar-refractivity contribution >= 4 is 58.5 Å². The molecule has 0 bridgehead atoms. The van der Waals surface area contributed by atoms with Crippen molar-refractivity contribution in [3.8, 4) is 0 Å². The van der Waals surface area contributed by atoms with Gasteiger partial charge in [-0.3, -0.25) is 9.59 Å². The Bertz CT molecular complexity index is 1040. The number of carbonyl (C=O) groups is 4. The SMILES string of the molecule is CCC(Sc1cccc(NC(=O)/C=C/C(=O)O)c1)C(=O)Nc1ccc(Cl)c(C(=O)O)c1. The highest BCUT2D eigenvalue weighted by Crippen LogP contribution is 2.29. The average molecular weight is 463 g/mol. The van der Waals surface area contributed by atoms with Crippen molar-refractivity contribution in [2.45, 2.75) is 23.5 Å². The molecule has 8 nitrogen and oxygen atoms in total. The summed E-state index contributed by atoms with van der Waals surface area (Å²) in [6.07, 6.45) is 2.13. The summed E-state index contributed by atoms with van der Waals surface area (Å²) in [5, 5.41) is 22.6. The van der Waals surface area contributed by atoms with Crippen LogP contribution in [0.2, 0.25) is 5.02 Å². The van der Waals surface area contributed by atoms with Crippen LogP contribution in [0, 0.1) is 0 Å². The Kier molecular flexibility index (Phi) is 8.65. The van der Waals surface area contributed by atoms with Gasteiger partial charge in [0.15, 0.2) is 0 Å². The van der Waals surface area contributed by atoms with Gasteiger partial charge in [0.05, 0.1) is 15.8 Å². The molecule has 0 aliphatic heterocycles. The van der Waals surface area contributed by atoms with E-state index < -0.39 is 23.1 Å². The number of anilines is 2. The number of benzene rings is 2. The lowest BCUT2D eigenvalue weighted by Crippen LogP contribution is -2.24. The zero-order chi connectivity index (χ0) is 23.0. The highest BCUT2D eigenvalue weighted by atomic mass is 35.5. The van der Waals surface area contributed by atoms with E-state index in [4.69, 9.17) is 21.8 Å². The summed E-state index contributed by atoms with van der Waals surface area (Å²) in [6, 6.07) is 11.0. The Balaban J connectivity index is 2.08. The summed E-state index contributed by atoms with van der Waals surface area (Å²) >= 11 is 7.12. The Labute approximate surface area is 187 Å². The fourth-order valence-electron chi connectivity index (χ4n) is 2.45. The second kappa shape index (κ2) is 11.2. The average Bonchev–Trinajstić information content (AvgIpc) is 2.71. The lowest BCUT2D eigenvalue weighted by molar-refractivity contribution is -0.131. The number of carbonyl (C=O) groups excluding carboxylic acids is 2. The number of carboxylic acid groups (broad SMARTS) is 2. The molecule has 162 valence electrons. The normalized spacial score (nSPS) is 11.7. The van der Waals surface area contributed by atoms with Gasteiger partial charge in [0.1, 0.15) is 0 Å². The molecule has 0 aliphatic carbocycles. The van der Waals surface area contributed by atoms with Gasteiger partial charge in [-0.05, 0) is 42.8 Å². The molecule has 2 amide bonds. The molecule has 0 spiro atoms. The molecule has 2 rings (SSSR count). The molecular weight excluding hydrogens is 444 g/mol. The van der Waals surface area contributed by atoms with Gasteiger partial charge in [0.2, 0.25) is 11.8 Å². The van der Waals surface area contributed by atoms with Crippen molar-refractivity contribution < 1.29 is 29.4 Å². The first kappa shape index (κ1) is 24.0. The first-order valence-corrected chi connectivity index (χ1v) is 10.3. The van der Waals surface area contributed by atoms with Crippen LogP contribution < -0.4 is 10.6 Å². The molecule has 1 unspecified atom stereocenters. The van der Waals surface area contributed by atoms with Crippen LogP contribution >= 0.6 is 23.4 Å². The van der Waals surface area contributed by atoms with Crippen molar-refractivity contribution in [3.05, 3.63) is 65.2 Å². The zero-order valence-corrected chi connectivity index (χ0v) is 17.9. The summed E-state index contributed by atoms with van der Waals surface area (Å²) in [6.45, 7) is 1.84. The number of amides is 2. The summed E-state index contributed by atoms with van der Waals surface area (Å²) in [5.74, 6) is -3.33. The largest absolute Gasteiger partial charge is 0.478 e. The number of nitrogens with one attached hydrogen (secondary N) is 2. The van der Waals surface area contributed by atoms with Gasteiger partial charge in [-0.2, -0.15) is 0 Å². The van der Waals surface area contributed by atoms with E-state index in [0.717, 1.165) is 12.2 Å². The minimum atomic E-state index is -1.23. The van der Waals surface area contributed by atoms with Gasteiger partial charge in [0, 0.05) is 28.4 Å². The van der Waals surface area contributed by atoms with Crippen LogP contribution in [0.3, 0.4) is 0 Å². The second-order valence-electron chi connectivity index (χ2n) is 6.19. The third kappa shape index (κ3) is 7.47. The number of rotatable bonds is 9. The molecular formula is C21H19ClN2O6S. The van der Waals surface area contributed by atoms with Crippen molar-refractivity contribution in [1.82, 2.24) is 0 Å². The molecule has 0 aliphatic rings. The summed E-state index contributed by atoms with van der Waals surface area (Å²) < 4.78 is 0. The predicted molar refractivity (Wildman–Crippen MR) is 119 cm³/mol. The molecule has 0 aromatic heterocycles. The maximum Gasteiger partial charge on any atom is 0.337 e. The van der Waals surface area contributed by atoms with E-state index in [1.165, 1.54) is 30.0 Å². The van der Waals surface area contributed by atoms with E-state index in [1.54, 1.807) is 24.3 Å². The molecule has 10 heteroatoms. The van der Waals surface area contributed by atoms with Crippen molar-refractivity contribution in [2.75, 3.05) is 10.6 Å². The van der Waals surface area contributed by atoms with Crippen LogP contribution in [0.15, 0.2) is 59.5 Å². The summed E-state index contributed by atoms with van der Waals surface area (Å²) in [7, 11) is 0. The first-order chi connectivity index (χ1) is 14.7. The van der Waals surface area contributed by atoms with E-state index in [9.17, 15) is 19.2 Å². The lowest BCUT2D eigenvalue weighted by Gasteiger charge is -2.16. The van der Waals surface area contributed by atoms with Gasteiger partial charge >= 0.3 is 11.9 Å². The molecule has 0 saturated heterocycles. The van der Waals surface area contributed by atoms with Crippen LogP contribution in [0.5, 0.6) is 0 Å². The highest BCUT2D eigenvalue weighted by molar-refractivity contribution is 8.00. The fourth-order valence-corrected chi connectivity index (χ4v) is 3.67. The third-order valence-corrected chi connectivity index (χ3v) is 5.57. The van der Waals surface area contributed by atoms with Crippen molar-refractivity contribution in [2.24, 2.45) is 0 Å². The third-order valence-electron chi connectivity index (χ3n) is 3.88. The van der Waals surface area contributed by atoms with Gasteiger partial charge < -0.3 is 20.8 Å². The van der Waals surface area contributed by atoms with Gasteiger partial charge in [0.25, 0.3) is 0 Å². The van der Waals surface area contributed by atoms with Crippen LogP contribution in [0.25, 0.3) is 0 Å².